The van der Waals surface area contributed by atoms with Gasteiger partial charge in [-0.25, -0.2) is 0 Å². The molecule has 3 aromatic carbocycles. The van der Waals surface area contributed by atoms with E-state index < -0.39 is 0 Å². The van der Waals surface area contributed by atoms with Gasteiger partial charge in [-0.1, -0.05) is 72.8 Å². The molecule has 1 N–H and O–H groups in total. The minimum atomic E-state index is -0.0184. The number of nitrogens with one attached hydrogen (secondary N) is 1. The second-order valence-electron chi connectivity index (χ2n) is 10.0. The first-order chi connectivity index (χ1) is 17.5. The summed E-state index contributed by atoms with van der Waals surface area (Å²) < 4.78 is 0. The van der Waals surface area contributed by atoms with E-state index in [2.05, 4.69) is 49.5 Å². The molecule has 0 unspecified atom stereocenters. The average molecular weight is 497 g/mol. The largest absolute Gasteiger partial charge is 0.349 e. The molecule has 3 aromatic rings. The molecule has 184 valence electrons. The maximum absolute atomic E-state index is 13.6. The number of carbonyl (C=O) groups excluding carboxylic acids is 2. The maximum atomic E-state index is 13.6. The SMILES string of the molecule is Cc1ccc(CN2C(=O)/C(=C\c3ccc(C(=O)NC4CCC(C)CC4)cc3)Sc3ccccc32)cc1. The third-order valence-corrected chi connectivity index (χ3v) is 8.19. The van der Waals surface area contributed by atoms with Gasteiger partial charge in [0.2, 0.25) is 0 Å². The van der Waals surface area contributed by atoms with Crippen LogP contribution < -0.4 is 10.2 Å². The lowest BCUT2D eigenvalue weighted by molar-refractivity contribution is -0.114. The summed E-state index contributed by atoms with van der Waals surface area (Å²) in [6.45, 7) is 4.86. The van der Waals surface area contributed by atoms with Gasteiger partial charge in [0.25, 0.3) is 11.8 Å². The Kier molecular flexibility index (Phi) is 7.28. The molecule has 0 spiro atoms. The first-order valence-electron chi connectivity index (χ1n) is 12.7. The zero-order valence-electron chi connectivity index (χ0n) is 20.9. The zero-order valence-corrected chi connectivity index (χ0v) is 21.7. The Morgan fingerprint density at radius 1 is 0.972 bits per heavy atom. The van der Waals surface area contributed by atoms with E-state index in [0.717, 1.165) is 40.5 Å². The predicted octanol–water partition coefficient (Wildman–Crippen LogP) is 6.98. The van der Waals surface area contributed by atoms with Crippen LogP contribution in [0.3, 0.4) is 0 Å². The summed E-state index contributed by atoms with van der Waals surface area (Å²) in [7, 11) is 0. The number of hydrogen-bond acceptors (Lipinski definition) is 3. The third-order valence-electron chi connectivity index (χ3n) is 7.11. The van der Waals surface area contributed by atoms with Gasteiger partial charge < -0.3 is 10.2 Å². The minimum Gasteiger partial charge on any atom is -0.349 e. The summed E-state index contributed by atoms with van der Waals surface area (Å²) in [5.74, 6) is 0.730. The van der Waals surface area contributed by atoms with E-state index in [-0.39, 0.29) is 17.9 Å². The molecule has 5 rings (SSSR count). The monoisotopic (exact) mass is 496 g/mol. The van der Waals surface area contributed by atoms with Crippen LogP contribution in [0.5, 0.6) is 0 Å². The summed E-state index contributed by atoms with van der Waals surface area (Å²) in [6, 6.07) is 24.2. The van der Waals surface area contributed by atoms with E-state index in [1.165, 1.54) is 30.2 Å². The molecule has 1 saturated carbocycles. The highest BCUT2D eigenvalue weighted by atomic mass is 32.2. The Balaban J connectivity index is 1.33. The zero-order chi connectivity index (χ0) is 25.1. The van der Waals surface area contributed by atoms with Gasteiger partial charge in [0, 0.05) is 16.5 Å². The lowest BCUT2D eigenvalue weighted by Crippen LogP contribution is -2.37. The molecule has 1 aliphatic heterocycles. The van der Waals surface area contributed by atoms with E-state index in [0.29, 0.717) is 17.0 Å². The molecule has 36 heavy (non-hydrogen) atoms. The van der Waals surface area contributed by atoms with E-state index in [4.69, 9.17) is 0 Å². The molecule has 4 nitrogen and oxygen atoms in total. The number of hydrogen-bond donors (Lipinski definition) is 1. The Morgan fingerprint density at radius 3 is 2.39 bits per heavy atom. The summed E-state index contributed by atoms with van der Waals surface area (Å²) >= 11 is 1.50. The standard InChI is InChI=1S/C31H32N2O2S/c1-21-7-11-24(12-8-21)20-33-27-5-3-4-6-28(27)36-29(31(33)35)19-23-13-15-25(16-14-23)30(34)32-26-17-9-22(2)10-18-26/h3-8,11-16,19,22,26H,9-10,17-18,20H2,1-2H3,(H,32,34)/b29-19+. The summed E-state index contributed by atoms with van der Waals surface area (Å²) in [6.07, 6.45) is 6.38. The van der Waals surface area contributed by atoms with Gasteiger partial charge in [0.1, 0.15) is 0 Å². The van der Waals surface area contributed by atoms with Gasteiger partial charge in [-0.3, -0.25) is 9.59 Å². The lowest BCUT2D eigenvalue weighted by Gasteiger charge is -2.30. The van der Waals surface area contributed by atoms with Crippen molar-refractivity contribution in [2.75, 3.05) is 4.90 Å². The van der Waals surface area contributed by atoms with E-state index in [9.17, 15) is 9.59 Å². The molecule has 1 fully saturated rings. The van der Waals surface area contributed by atoms with Crippen LogP contribution in [0.25, 0.3) is 6.08 Å². The summed E-state index contributed by atoms with van der Waals surface area (Å²) in [5, 5.41) is 3.19. The van der Waals surface area contributed by atoms with E-state index >= 15 is 0 Å². The molecule has 2 amide bonds. The van der Waals surface area contributed by atoms with Gasteiger partial charge in [0.15, 0.2) is 0 Å². The van der Waals surface area contributed by atoms with Crippen LogP contribution in [0.4, 0.5) is 5.69 Å². The molecule has 0 aromatic heterocycles. The molecule has 2 aliphatic rings. The molecule has 0 saturated heterocycles. The summed E-state index contributed by atoms with van der Waals surface area (Å²) in [4.78, 5) is 29.9. The smallest absolute Gasteiger partial charge is 0.265 e. The van der Waals surface area contributed by atoms with Crippen LogP contribution in [0.2, 0.25) is 0 Å². The van der Waals surface area contributed by atoms with Crippen LogP contribution in [0.15, 0.2) is 82.6 Å². The van der Waals surface area contributed by atoms with Crippen molar-refractivity contribution in [3.63, 3.8) is 0 Å². The fourth-order valence-electron chi connectivity index (χ4n) is 4.85. The van der Waals surface area contributed by atoms with E-state index in [1.807, 2.05) is 53.4 Å². The van der Waals surface area contributed by atoms with Gasteiger partial charge in [-0.2, -0.15) is 0 Å². The maximum Gasteiger partial charge on any atom is 0.265 e. The number of para-hydroxylation sites is 1. The van der Waals surface area contributed by atoms with Crippen LogP contribution in [-0.4, -0.2) is 17.9 Å². The van der Waals surface area contributed by atoms with Crippen LogP contribution in [-0.2, 0) is 11.3 Å². The van der Waals surface area contributed by atoms with Crippen molar-refractivity contribution < 1.29 is 9.59 Å². The Hall–Kier alpha value is -3.31. The molecule has 0 atom stereocenters. The molecular weight excluding hydrogens is 464 g/mol. The molecule has 1 heterocycles. The number of carbonyl (C=O) groups is 2. The number of benzene rings is 3. The quantitative estimate of drug-likeness (QED) is 0.388. The van der Waals surface area contributed by atoms with Crippen LogP contribution in [0, 0.1) is 12.8 Å². The van der Waals surface area contributed by atoms with Gasteiger partial charge in [-0.15, -0.1) is 0 Å². The van der Waals surface area contributed by atoms with Crippen molar-refractivity contribution in [3.8, 4) is 0 Å². The molecule has 0 radical (unpaired) electrons. The van der Waals surface area contributed by atoms with Gasteiger partial charge in [-0.05, 0) is 80.0 Å². The van der Waals surface area contributed by atoms with Crippen molar-refractivity contribution in [2.45, 2.75) is 57.0 Å². The van der Waals surface area contributed by atoms with Crippen LogP contribution in [0.1, 0.15) is 59.7 Å². The van der Waals surface area contributed by atoms with Crippen molar-refractivity contribution in [3.05, 3.63) is 100.0 Å². The molecule has 5 heteroatoms. The molecule has 1 aliphatic carbocycles. The number of thioether (sulfide) groups is 1. The number of amides is 2. The minimum absolute atomic E-state index is 0.00683. The first-order valence-corrected chi connectivity index (χ1v) is 13.5. The fourth-order valence-corrected chi connectivity index (χ4v) is 5.91. The normalized spacial score (nSPS) is 20.8. The number of rotatable bonds is 5. The average Bonchev–Trinajstić information content (AvgIpc) is 2.89. The van der Waals surface area contributed by atoms with Crippen molar-refractivity contribution in [2.24, 2.45) is 5.92 Å². The number of aryl methyl sites for hydroxylation is 1. The predicted molar refractivity (Wildman–Crippen MR) is 148 cm³/mol. The highest BCUT2D eigenvalue weighted by molar-refractivity contribution is 8.04. The fraction of sp³-hybridized carbons (Fsp3) is 0.290. The lowest BCUT2D eigenvalue weighted by atomic mass is 9.87. The van der Waals surface area contributed by atoms with Crippen molar-refractivity contribution >= 4 is 35.3 Å². The van der Waals surface area contributed by atoms with Gasteiger partial charge >= 0.3 is 0 Å². The molecular formula is C31H32N2O2S. The Morgan fingerprint density at radius 2 is 1.67 bits per heavy atom. The Bertz CT molecular complexity index is 1270. The second-order valence-corrected chi connectivity index (χ2v) is 11.1. The topological polar surface area (TPSA) is 49.4 Å². The first kappa shape index (κ1) is 24.4. The second kappa shape index (κ2) is 10.8. The van der Waals surface area contributed by atoms with Gasteiger partial charge in [0.05, 0.1) is 17.1 Å². The van der Waals surface area contributed by atoms with Crippen LogP contribution >= 0.6 is 11.8 Å². The highest BCUT2D eigenvalue weighted by Crippen LogP contribution is 2.42. The number of nitrogens with zero attached hydrogens (tertiary/aromatic N) is 1. The molecule has 0 bridgehead atoms. The Labute approximate surface area is 217 Å². The van der Waals surface area contributed by atoms with Crippen molar-refractivity contribution in [1.82, 2.24) is 5.32 Å². The van der Waals surface area contributed by atoms with Crippen molar-refractivity contribution in [1.29, 1.82) is 0 Å². The third kappa shape index (κ3) is 5.57. The summed E-state index contributed by atoms with van der Waals surface area (Å²) in [5.41, 5.74) is 4.80. The number of fused-ring (bicyclic) bond motifs is 1. The highest BCUT2D eigenvalue weighted by Gasteiger charge is 2.29. The number of anilines is 1. The van der Waals surface area contributed by atoms with E-state index in [1.54, 1.807) is 0 Å².